The van der Waals surface area contributed by atoms with Crippen LogP contribution in [0.5, 0.6) is 0 Å². The Morgan fingerprint density at radius 2 is 2.10 bits per heavy atom. The van der Waals surface area contributed by atoms with Crippen molar-refractivity contribution in [1.82, 2.24) is 9.80 Å². The third kappa shape index (κ3) is 4.81. The highest BCUT2D eigenvalue weighted by Crippen LogP contribution is 2.26. The molecule has 1 heterocycles. The summed E-state index contributed by atoms with van der Waals surface area (Å²) in [6, 6.07) is 0. The number of aliphatic carboxylic acids is 1. The smallest absolute Gasteiger partial charge is 0.383 e. The van der Waals surface area contributed by atoms with Crippen LogP contribution >= 0.6 is 0 Å². The summed E-state index contributed by atoms with van der Waals surface area (Å²) in [5, 5.41) is 8.59. The van der Waals surface area contributed by atoms with Gasteiger partial charge in [-0.15, -0.1) is 0 Å². The van der Waals surface area contributed by atoms with Gasteiger partial charge in [-0.3, -0.25) is 14.5 Å². The van der Waals surface area contributed by atoms with E-state index >= 15 is 0 Å². The number of morpholine rings is 1. The molecule has 6 nitrogen and oxygen atoms in total. The van der Waals surface area contributed by atoms with Crippen LogP contribution in [0.25, 0.3) is 0 Å². The summed E-state index contributed by atoms with van der Waals surface area (Å²) >= 11 is 0. The SMILES string of the molecule is CN(CC(=O)O)CC1CN(C(=O)C(F)(F)C(F)F)CCO1. The predicted octanol–water partition coefficient (Wildman–Crippen LogP) is 0.131. The number of likely N-dealkylation sites (N-methyl/N-ethyl adjacent to an activating group) is 1. The minimum Gasteiger partial charge on any atom is -0.480 e. The van der Waals surface area contributed by atoms with Gasteiger partial charge in [0.25, 0.3) is 5.91 Å². The molecule has 1 amide bonds. The fraction of sp³-hybridized carbons (Fsp3) is 0.818. The van der Waals surface area contributed by atoms with E-state index in [0.29, 0.717) is 4.90 Å². The van der Waals surface area contributed by atoms with Crippen molar-refractivity contribution in [2.75, 3.05) is 39.8 Å². The van der Waals surface area contributed by atoms with Crippen LogP contribution in [0.3, 0.4) is 0 Å². The molecule has 0 aliphatic carbocycles. The number of rotatable bonds is 6. The molecule has 21 heavy (non-hydrogen) atoms. The van der Waals surface area contributed by atoms with E-state index in [4.69, 9.17) is 9.84 Å². The van der Waals surface area contributed by atoms with Crippen molar-refractivity contribution < 1.29 is 37.0 Å². The highest BCUT2D eigenvalue weighted by atomic mass is 19.3. The molecule has 0 radical (unpaired) electrons. The molecule has 10 heteroatoms. The highest BCUT2D eigenvalue weighted by molar-refractivity contribution is 5.84. The molecule has 0 spiro atoms. The Hall–Kier alpha value is -1.42. The normalized spacial score (nSPS) is 20.1. The van der Waals surface area contributed by atoms with Gasteiger partial charge in [0.1, 0.15) is 0 Å². The zero-order valence-corrected chi connectivity index (χ0v) is 11.3. The molecule has 1 rings (SSSR count). The van der Waals surface area contributed by atoms with E-state index in [-0.39, 0.29) is 32.8 Å². The largest absolute Gasteiger partial charge is 0.480 e. The lowest BCUT2D eigenvalue weighted by Gasteiger charge is -2.35. The molecule has 1 saturated heterocycles. The second-order valence-electron chi connectivity index (χ2n) is 4.76. The first-order valence-electron chi connectivity index (χ1n) is 6.12. The van der Waals surface area contributed by atoms with Crippen LogP contribution in [0.2, 0.25) is 0 Å². The van der Waals surface area contributed by atoms with Crippen LogP contribution in [0, 0.1) is 0 Å². The van der Waals surface area contributed by atoms with E-state index in [1.54, 1.807) is 0 Å². The summed E-state index contributed by atoms with van der Waals surface area (Å²) in [5.74, 6) is -7.74. The van der Waals surface area contributed by atoms with Gasteiger partial charge >= 0.3 is 18.3 Å². The van der Waals surface area contributed by atoms with E-state index in [2.05, 4.69) is 0 Å². The van der Waals surface area contributed by atoms with Gasteiger partial charge in [-0.25, -0.2) is 8.78 Å². The molecule has 0 saturated carbocycles. The standard InChI is InChI=1S/C11H16F4N2O4/c1-16(6-8(18)19)4-7-5-17(2-3-21-7)10(20)11(14,15)9(12)13/h7,9H,2-6H2,1H3,(H,18,19). The first-order chi connectivity index (χ1) is 9.64. The Morgan fingerprint density at radius 3 is 2.62 bits per heavy atom. The van der Waals surface area contributed by atoms with Crippen LogP contribution in [-0.2, 0) is 14.3 Å². The monoisotopic (exact) mass is 316 g/mol. The van der Waals surface area contributed by atoms with Crippen molar-refractivity contribution in [3.05, 3.63) is 0 Å². The first-order valence-corrected chi connectivity index (χ1v) is 6.12. The van der Waals surface area contributed by atoms with Gasteiger partial charge < -0.3 is 14.7 Å². The molecule has 1 fully saturated rings. The average molecular weight is 316 g/mol. The lowest BCUT2D eigenvalue weighted by atomic mass is 10.2. The molecule has 1 aliphatic rings. The van der Waals surface area contributed by atoms with Gasteiger partial charge in [-0.05, 0) is 7.05 Å². The molecule has 1 atom stereocenters. The summed E-state index contributed by atoms with van der Waals surface area (Å²) in [6.07, 6.45) is -4.78. The lowest BCUT2D eigenvalue weighted by Crippen LogP contribution is -2.55. The molecule has 1 N–H and O–H groups in total. The van der Waals surface area contributed by atoms with E-state index in [1.807, 2.05) is 0 Å². The minimum atomic E-state index is -4.73. The number of nitrogens with zero attached hydrogens (tertiary/aromatic N) is 2. The average Bonchev–Trinajstić information content (AvgIpc) is 2.36. The van der Waals surface area contributed by atoms with Gasteiger partial charge in [-0.2, -0.15) is 8.78 Å². The van der Waals surface area contributed by atoms with Crippen LogP contribution in [0.4, 0.5) is 17.6 Å². The summed E-state index contributed by atoms with van der Waals surface area (Å²) in [7, 11) is 1.48. The molecular formula is C11H16F4N2O4. The quantitative estimate of drug-likeness (QED) is 0.706. The Kier molecular flexibility index (Phi) is 5.90. The number of carbonyl (C=O) groups is 2. The van der Waals surface area contributed by atoms with Gasteiger partial charge in [0.05, 0.1) is 19.3 Å². The Bertz CT molecular complexity index is 394. The van der Waals surface area contributed by atoms with E-state index in [0.717, 1.165) is 0 Å². The number of ether oxygens (including phenoxy) is 1. The molecule has 1 unspecified atom stereocenters. The topological polar surface area (TPSA) is 70.1 Å². The Labute approximate surface area is 118 Å². The number of carboxylic acid groups (broad SMARTS) is 1. The van der Waals surface area contributed by atoms with Crippen molar-refractivity contribution in [3.63, 3.8) is 0 Å². The Balaban J connectivity index is 2.60. The molecule has 122 valence electrons. The van der Waals surface area contributed by atoms with Gasteiger partial charge in [-0.1, -0.05) is 0 Å². The second kappa shape index (κ2) is 7.03. The predicted molar refractivity (Wildman–Crippen MR) is 62.4 cm³/mol. The number of hydrogen-bond acceptors (Lipinski definition) is 4. The number of carboxylic acids is 1. The van der Waals surface area contributed by atoms with Gasteiger partial charge in [0, 0.05) is 19.6 Å². The fourth-order valence-corrected chi connectivity index (χ4v) is 1.96. The van der Waals surface area contributed by atoms with E-state index in [9.17, 15) is 27.2 Å². The van der Waals surface area contributed by atoms with Crippen LogP contribution in [0.15, 0.2) is 0 Å². The van der Waals surface area contributed by atoms with Crippen LogP contribution in [-0.4, -0.2) is 85.1 Å². The maximum absolute atomic E-state index is 13.0. The third-order valence-electron chi connectivity index (χ3n) is 2.91. The van der Waals surface area contributed by atoms with Crippen molar-refractivity contribution in [2.24, 2.45) is 0 Å². The number of amides is 1. The van der Waals surface area contributed by atoms with Crippen LogP contribution in [0.1, 0.15) is 0 Å². The number of hydrogen-bond donors (Lipinski definition) is 1. The molecular weight excluding hydrogens is 300 g/mol. The highest BCUT2D eigenvalue weighted by Gasteiger charge is 2.51. The Morgan fingerprint density at radius 1 is 1.48 bits per heavy atom. The molecule has 0 aromatic heterocycles. The zero-order chi connectivity index (χ0) is 16.2. The lowest BCUT2D eigenvalue weighted by molar-refractivity contribution is -0.186. The number of halogens is 4. The molecule has 0 aromatic carbocycles. The maximum Gasteiger partial charge on any atom is 0.383 e. The van der Waals surface area contributed by atoms with Gasteiger partial charge in [0.2, 0.25) is 0 Å². The number of carbonyl (C=O) groups excluding carboxylic acids is 1. The van der Waals surface area contributed by atoms with Crippen LogP contribution < -0.4 is 0 Å². The number of alkyl halides is 4. The molecule has 1 aliphatic heterocycles. The zero-order valence-electron chi connectivity index (χ0n) is 11.3. The molecule has 0 aromatic rings. The molecule has 0 bridgehead atoms. The first kappa shape index (κ1) is 17.6. The summed E-state index contributed by atoms with van der Waals surface area (Å²) in [5.41, 5.74) is 0. The second-order valence-corrected chi connectivity index (χ2v) is 4.76. The minimum absolute atomic E-state index is 0.0728. The maximum atomic E-state index is 13.0. The fourth-order valence-electron chi connectivity index (χ4n) is 1.96. The van der Waals surface area contributed by atoms with E-state index in [1.165, 1.54) is 11.9 Å². The van der Waals surface area contributed by atoms with Gasteiger partial charge in [0.15, 0.2) is 0 Å². The van der Waals surface area contributed by atoms with Crippen molar-refractivity contribution in [2.45, 2.75) is 18.5 Å². The van der Waals surface area contributed by atoms with Crippen molar-refractivity contribution in [3.8, 4) is 0 Å². The van der Waals surface area contributed by atoms with Crippen molar-refractivity contribution in [1.29, 1.82) is 0 Å². The third-order valence-corrected chi connectivity index (χ3v) is 2.91. The van der Waals surface area contributed by atoms with E-state index < -0.39 is 30.3 Å². The summed E-state index contributed by atoms with van der Waals surface area (Å²) < 4.78 is 55.6. The summed E-state index contributed by atoms with van der Waals surface area (Å²) in [4.78, 5) is 23.9. The summed E-state index contributed by atoms with van der Waals surface area (Å²) in [6.45, 7) is -0.778. The van der Waals surface area contributed by atoms with Crippen molar-refractivity contribution >= 4 is 11.9 Å².